The number of carboxylic acid groups (broad SMARTS) is 1. The number of nitrogens with zero attached hydrogens (tertiary/aromatic N) is 1. The van der Waals surface area contributed by atoms with E-state index in [1.807, 2.05) is 21.1 Å². The van der Waals surface area contributed by atoms with Gasteiger partial charge in [0, 0.05) is 12.8 Å². The maximum absolute atomic E-state index is 12.7. The van der Waals surface area contributed by atoms with Crippen molar-refractivity contribution < 1.29 is 42.9 Å². The minimum absolute atomic E-state index is 0.148. The molecule has 0 heterocycles. The minimum Gasteiger partial charge on any atom is -0.545 e. The zero-order valence-electron chi connectivity index (χ0n) is 35.6. The first-order chi connectivity index (χ1) is 26.1. The fraction of sp³-hybridized carbons (Fsp3) is 0.844. The molecule has 0 amide bonds. The highest BCUT2D eigenvalue weighted by Crippen LogP contribution is 2.14. The van der Waals surface area contributed by atoms with Crippen LogP contribution in [0.15, 0.2) is 24.3 Å². The molecular formula is C45H83NO8. The number of rotatable bonds is 40. The monoisotopic (exact) mass is 766 g/mol. The van der Waals surface area contributed by atoms with Crippen LogP contribution in [0.5, 0.6) is 0 Å². The van der Waals surface area contributed by atoms with Crippen LogP contribution in [0.25, 0.3) is 0 Å². The molecule has 0 saturated carbocycles. The molecule has 0 aromatic heterocycles. The lowest BCUT2D eigenvalue weighted by Crippen LogP contribution is -2.44. The Balaban J connectivity index is 4.33. The van der Waals surface area contributed by atoms with Crippen molar-refractivity contribution in [3.8, 4) is 0 Å². The van der Waals surface area contributed by atoms with Crippen molar-refractivity contribution in [1.29, 1.82) is 0 Å². The van der Waals surface area contributed by atoms with E-state index in [1.165, 1.54) is 103 Å². The first-order valence-corrected chi connectivity index (χ1v) is 22.0. The van der Waals surface area contributed by atoms with E-state index in [0.29, 0.717) is 23.9 Å². The second-order valence-electron chi connectivity index (χ2n) is 16.0. The molecule has 0 fully saturated rings. The minimum atomic E-state index is -1.62. The summed E-state index contributed by atoms with van der Waals surface area (Å²) in [5.74, 6) is -2.29. The molecule has 2 unspecified atom stereocenters. The summed E-state index contributed by atoms with van der Waals surface area (Å²) in [6.07, 6.45) is 36.5. The normalized spacial score (nSPS) is 13.1. The summed E-state index contributed by atoms with van der Waals surface area (Å²) < 4.78 is 22.5. The van der Waals surface area contributed by atoms with Crippen molar-refractivity contribution in [2.75, 3.05) is 47.5 Å². The first kappa shape index (κ1) is 51.8. The van der Waals surface area contributed by atoms with E-state index >= 15 is 0 Å². The van der Waals surface area contributed by atoms with Gasteiger partial charge in [-0.05, 0) is 44.9 Å². The Morgan fingerprint density at radius 2 is 1.00 bits per heavy atom. The number of unbranched alkanes of at least 4 members (excludes halogenated alkanes) is 21. The van der Waals surface area contributed by atoms with Crippen LogP contribution < -0.4 is 5.11 Å². The number of ether oxygens (including phenoxy) is 4. The Hall–Kier alpha value is -2.23. The second kappa shape index (κ2) is 37.7. The molecular weight excluding hydrogens is 682 g/mol. The molecule has 9 nitrogen and oxygen atoms in total. The van der Waals surface area contributed by atoms with E-state index < -0.39 is 24.3 Å². The van der Waals surface area contributed by atoms with Gasteiger partial charge in [0.15, 0.2) is 12.4 Å². The average molecular weight is 766 g/mol. The molecule has 0 N–H and O–H groups in total. The van der Waals surface area contributed by atoms with E-state index in [0.717, 1.165) is 51.4 Å². The number of allylic oxidation sites excluding steroid dienone is 4. The molecule has 0 radical (unpaired) electrons. The predicted molar refractivity (Wildman–Crippen MR) is 219 cm³/mol. The van der Waals surface area contributed by atoms with Gasteiger partial charge in [-0.2, -0.15) is 0 Å². The molecule has 0 rings (SSSR count). The van der Waals surface area contributed by atoms with Crippen LogP contribution in [0.1, 0.15) is 187 Å². The van der Waals surface area contributed by atoms with Gasteiger partial charge in [0.25, 0.3) is 0 Å². The van der Waals surface area contributed by atoms with Crippen molar-refractivity contribution in [1.82, 2.24) is 0 Å². The van der Waals surface area contributed by atoms with Crippen molar-refractivity contribution in [3.63, 3.8) is 0 Å². The molecule has 0 aliphatic rings. The SMILES string of the molecule is CCCCCCC/C=C\C/C=C\CCCCCCCCCCCC(=O)OC(COC(=O)CCCCCCCCCC)COC(OCC[N+](C)(C)C)C(=O)[O-]. The van der Waals surface area contributed by atoms with Crippen LogP contribution in [0, 0.1) is 0 Å². The van der Waals surface area contributed by atoms with Crippen molar-refractivity contribution in [3.05, 3.63) is 24.3 Å². The molecule has 54 heavy (non-hydrogen) atoms. The molecule has 0 aromatic carbocycles. The Morgan fingerprint density at radius 1 is 0.556 bits per heavy atom. The highest BCUT2D eigenvalue weighted by molar-refractivity contribution is 5.70. The summed E-state index contributed by atoms with van der Waals surface area (Å²) in [6.45, 7) is 4.69. The summed E-state index contributed by atoms with van der Waals surface area (Å²) in [7, 11) is 5.90. The number of esters is 2. The van der Waals surface area contributed by atoms with Crippen LogP contribution in [-0.4, -0.2) is 82.3 Å². The largest absolute Gasteiger partial charge is 0.545 e. The van der Waals surface area contributed by atoms with Gasteiger partial charge in [0.05, 0.1) is 40.3 Å². The smallest absolute Gasteiger partial charge is 0.306 e. The lowest BCUT2D eigenvalue weighted by molar-refractivity contribution is -0.870. The maximum atomic E-state index is 12.7. The molecule has 2 atom stereocenters. The summed E-state index contributed by atoms with van der Waals surface area (Å²) in [5, 5.41) is 11.6. The molecule has 316 valence electrons. The van der Waals surface area contributed by atoms with Gasteiger partial charge in [-0.25, -0.2) is 0 Å². The van der Waals surface area contributed by atoms with Crippen LogP contribution >= 0.6 is 0 Å². The first-order valence-electron chi connectivity index (χ1n) is 22.0. The Labute approximate surface area is 331 Å². The van der Waals surface area contributed by atoms with Crippen molar-refractivity contribution in [2.24, 2.45) is 0 Å². The molecule has 0 spiro atoms. The quantitative estimate of drug-likeness (QED) is 0.0199. The van der Waals surface area contributed by atoms with Crippen molar-refractivity contribution >= 4 is 17.9 Å². The number of hydrogen-bond acceptors (Lipinski definition) is 8. The van der Waals surface area contributed by atoms with Gasteiger partial charge >= 0.3 is 11.9 Å². The van der Waals surface area contributed by atoms with Crippen LogP contribution in [0.4, 0.5) is 0 Å². The van der Waals surface area contributed by atoms with E-state index in [-0.39, 0.29) is 32.2 Å². The third-order valence-corrected chi connectivity index (χ3v) is 9.45. The number of carbonyl (C=O) groups is 3. The third-order valence-electron chi connectivity index (χ3n) is 9.45. The van der Waals surface area contributed by atoms with Gasteiger partial charge in [-0.15, -0.1) is 0 Å². The maximum Gasteiger partial charge on any atom is 0.306 e. The van der Waals surface area contributed by atoms with Gasteiger partial charge in [-0.1, -0.05) is 154 Å². The predicted octanol–water partition coefficient (Wildman–Crippen LogP) is 9.94. The molecule has 0 aliphatic heterocycles. The van der Waals surface area contributed by atoms with Gasteiger partial charge in [0.1, 0.15) is 13.2 Å². The fourth-order valence-electron chi connectivity index (χ4n) is 5.98. The van der Waals surface area contributed by atoms with Crippen molar-refractivity contribution in [2.45, 2.75) is 200 Å². The third kappa shape index (κ3) is 38.1. The molecule has 0 bridgehead atoms. The highest BCUT2D eigenvalue weighted by Gasteiger charge is 2.21. The van der Waals surface area contributed by atoms with Gasteiger partial charge in [-0.3, -0.25) is 9.59 Å². The van der Waals surface area contributed by atoms with Crippen LogP contribution in [0.2, 0.25) is 0 Å². The highest BCUT2D eigenvalue weighted by atomic mass is 16.7. The number of likely N-dealkylation sites (N-methyl/N-ethyl adjacent to an activating group) is 1. The molecule has 0 saturated heterocycles. The van der Waals surface area contributed by atoms with E-state index in [2.05, 4.69) is 38.2 Å². The molecule has 9 heteroatoms. The van der Waals surface area contributed by atoms with E-state index in [4.69, 9.17) is 18.9 Å². The summed E-state index contributed by atoms with van der Waals surface area (Å²) in [4.78, 5) is 36.8. The lowest BCUT2D eigenvalue weighted by Gasteiger charge is -2.26. The Kier molecular flexibility index (Phi) is 36.1. The number of quaternary nitrogens is 1. The van der Waals surface area contributed by atoms with Gasteiger partial charge in [0.2, 0.25) is 0 Å². The summed E-state index contributed by atoms with van der Waals surface area (Å²) >= 11 is 0. The number of aliphatic carboxylic acids is 1. The summed E-state index contributed by atoms with van der Waals surface area (Å²) in [5.41, 5.74) is 0. The number of carboxylic acids is 1. The van der Waals surface area contributed by atoms with E-state index in [9.17, 15) is 19.5 Å². The lowest BCUT2D eigenvalue weighted by atomic mass is 10.1. The van der Waals surface area contributed by atoms with Gasteiger partial charge < -0.3 is 33.3 Å². The number of carbonyl (C=O) groups excluding carboxylic acids is 3. The average Bonchev–Trinajstić information content (AvgIpc) is 3.12. The number of hydrogen-bond donors (Lipinski definition) is 0. The zero-order valence-corrected chi connectivity index (χ0v) is 35.6. The van der Waals surface area contributed by atoms with Crippen LogP contribution in [-0.2, 0) is 33.3 Å². The topological polar surface area (TPSA) is 111 Å². The fourth-order valence-corrected chi connectivity index (χ4v) is 5.98. The Morgan fingerprint density at radius 3 is 1.46 bits per heavy atom. The second-order valence-corrected chi connectivity index (χ2v) is 16.0. The molecule has 0 aliphatic carbocycles. The summed E-state index contributed by atoms with van der Waals surface area (Å²) in [6, 6.07) is 0. The standard InChI is InChI=1S/C45H83NO8/c1-6-8-10-12-14-16-17-18-19-20-21-22-23-24-25-26-27-28-30-32-34-36-43(48)54-41(40-53-45(44(49)50)51-38-37-46(3,4)5)39-52-42(47)35-33-31-29-15-13-11-9-7-2/h17-18,20-21,41,45H,6-16,19,22-40H2,1-5H3/b18-17-,21-20-. The van der Waals surface area contributed by atoms with Crippen LogP contribution in [0.3, 0.4) is 0 Å². The van der Waals surface area contributed by atoms with E-state index in [1.54, 1.807) is 0 Å². The Bertz CT molecular complexity index is 944. The molecule has 0 aromatic rings. The zero-order chi connectivity index (χ0) is 40.0.